The second kappa shape index (κ2) is 6.82. The fourth-order valence-electron chi connectivity index (χ4n) is 3.13. The Morgan fingerprint density at radius 2 is 2.00 bits per heavy atom. The molecule has 0 saturated carbocycles. The van der Waals surface area contributed by atoms with Crippen LogP contribution in [0.1, 0.15) is 31.7 Å². The van der Waals surface area contributed by atoms with Crippen molar-refractivity contribution >= 4 is 22.6 Å². The number of nitrogens with one attached hydrogen (secondary N) is 1. The molecule has 1 aliphatic rings. The van der Waals surface area contributed by atoms with E-state index in [1.165, 1.54) is 32.4 Å². The number of piperidine rings is 1. The highest BCUT2D eigenvalue weighted by molar-refractivity contribution is 6.30. The number of hydrogen-bond donors (Lipinski definition) is 1. The van der Waals surface area contributed by atoms with Crippen molar-refractivity contribution in [1.82, 2.24) is 10.2 Å². The summed E-state index contributed by atoms with van der Waals surface area (Å²) < 4.78 is 5.59. The van der Waals surface area contributed by atoms with E-state index < -0.39 is 0 Å². The maximum absolute atomic E-state index is 6.21. The molecular weight excluding hydrogens is 284 g/mol. The van der Waals surface area contributed by atoms with Crippen molar-refractivity contribution in [3.8, 4) is 0 Å². The van der Waals surface area contributed by atoms with Gasteiger partial charge in [-0.25, -0.2) is 0 Å². The summed E-state index contributed by atoms with van der Waals surface area (Å²) in [5, 5.41) is 5.15. The predicted octanol–water partition coefficient (Wildman–Crippen LogP) is 4.05. The van der Waals surface area contributed by atoms with E-state index in [9.17, 15) is 0 Å². The van der Waals surface area contributed by atoms with Crippen molar-refractivity contribution in [2.75, 3.05) is 19.6 Å². The highest BCUT2D eigenvalue weighted by Crippen LogP contribution is 2.29. The van der Waals surface area contributed by atoms with E-state index in [1.54, 1.807) is 0 Å². The Bertz CT molecular complexity index is 589. The highest BCUT2D eigenvalue weighted by Gasteiger charge is 2.17. The molecule has 0 aliphatic carbocycles. The van der Waals surface area contributed by atoms with Crippen molar-refractivity contribution < 1.29 is 4.42 Å². The van der Waals surface area contributed by atoms with Gasteiger partial charge in [-0.2, -0.15) is 0 Å². The van der Waals surface area contributed by atoms with Crippen LogP contribution in [0.3, 0.4) is 0 Å². The van der Waals surface area contributed by atoms with Gasteiger partial charge in [0.05, 0.1) is 0 Å². The summed E-state index contributed by atoms with van der Waals surface area (Å²) in [7, 11) is 0. The molecule has 4 heteroatoms. The SMILES string of the molecule is CC(CNCc1c(Cl)oc2ccccc12)N1CCCCC1. The molecule has 0 spiro atoms. The van der Waals surface area contributed by atoms with Crippen LogP contribution >= 0.6 is 11.6 Å². The molecule has 114 valence electrons. The van der Waals surface area contributed by atoms with Crippen LogP contribution in [0.5, 0.6) is 0 Å². The molecule has 1 aromatic heterocycles. The maximum atomic E-state index is 6.21. The van der Waals surface area contributed by atoms with Crippen LogP contribution in [0.15, 0.2) is 28.7 Å². The topological polar surface area (TPSA) is 28.4 Å². The molecule has 2 heterocycles. The van der Waals surface area contributed by atoms with E-state index in [-0.39, 0.29) is 0 Å². The van der Waals surface area contributed by atoms with Gasteiger partial charge in [0.2, 0.25) is 0 Å². The number of benzene rings is 1. The van der Waals surface area contributed by atoms with E-state index >= 15 is 0 Å². The van der Waals surface area contributed by atoms with Gasteiger partial charge in [0.25, 0.3) is 0 Å². The molecule has 1 fully saturated rings. The standard InChI is InChI=1S/C17H23ClN2O/c1-13(20-9-5-2-6-10-20)11-19-12-15-14-7-3-4-8-16(14)21-17(15)18/h3-4,7-8,13,19H,2,5-6,9-12H2,1H3. The third-order valence-electron chi connectivity index (χ3n) is 4.40. The van der Waals surface area contributed by atoms with E-state index in [2.05, 4.69) is 23.2 Å². The first kappa shape index (κ1) is 14.9. The van der Waals surface area contributed by atoms with Crippen LogP contribution in [0, 0.1) is 0 Å². The van der Waals surface area contributed by atoms with Crippen LogP contribution in [0.4, 0.5) is 0 Å². The Labute approximate surface area is 131 Å². The maximum Gasteiger partial charge on any atom is 0.199 e. The van der Waals surface area contributed by atoms with Gasteiger partial charge in [-0.3, -0.25) is 4.90 Å². The number of para-hydroxylation sites is 1. The number of rotatable bonds is 5. The van der Waals surface area contributed by atoms with E-state index in [4.69, 9.17) is 16.0 Å². The summed E-state index contributed by atoms with van der Waals surface area (Å²) in [5.41, 5.74) is 1.93. The Balaban J connectivity index is 1.58. The summed E-state index contributed by atoms with van der Waals surface area (Å²) in [6.45, 7) is 6.51. The molecule has 1 aromatic carbocycles. The van der Waals surface area contributed by atoms with Gasteiger partial charge in [-0.05, 0) is 50.5 Å². The lowest BCUT2D eigenvalue weighted by Gasteiger charge is -2.32. The van der Waals surface area contributed by atoms with E-state index in [1.807, 2.05) is 18.2 Å². The molecule has 0 radical (unpaired) electrons. The summed E-state index contributed by atoms with van der Waals surface area (Å²) in [6.07, 6.45) is 4.05. The Morgan fingerprint density at radius 1 is 1.24 bits per heavy atom. The number of likely N-dealkylation sites (tertiary alicyclic amines) is 1. The lowest BCUT2D eigenvalue weighted by Crippen LogP contribution is -2.42. The second-order valence-electron chi connectivity index (χ2n) is 5.93. The first-order valence-electron chi connectivity index (χ1n) is 7.86. The Morgan fingerprint density at radius 3 is 2.81 bits per heavy atom. The fraction of sp³-hybridized carbons (Fsp3) is 0.529. The smallest absolute Gasteiger partial charge is 0.199 e. The zero-order valence-corrected chi connectivity index (χ0v) is 13.3. The van der Waals surface area contributed by atoms with Crippen LogP contribution in [0.25, 0.3) is 11.0 Å². The number of fused-ring (bicyclic) bond motifs is 1. The largest absolute Gasteiger partial charge is 0.444 e. The normalized spacial score (nSPS) is 18.2. The fourth-order valence-corrected chi connectivity index (χ4v) is 3.38. The summed E-state index contributed by atoms with van der Waals surface area (Å²) in [4.78, 5) is 2.57. The Kier molecular flexibility index (Phi) is 4.84. The monoisotopic (exact) mass is 306 g/mol. The molecule has 3 nitrogen and oxygen atoms in total. The summed E-state index contributed by atoms with van der Waals surface area (Å²) in [5.74, 6) is 0. The number of nitrogens with zero attached hydrogens (tertiary/aromatic N) is 1. The molecule has 0 bridgehead atoms. The molecule has 1 saturated heterocycles. The van der Waals surface area contributed by atoms with Crippen LogP contribution in [-0.2, 0) is 6.54 Å². The molecule has 2 aromatic rings. The van der Waals surface area contributed by atoms with Gasteiger partial charge >= 0.3 is 0 Å². The average molecular weight is 307 g/mol. The average Bonchev–Trinajstić information content (AvgIpc) is 2.84. The minimum atomic E-state index is 0.509. The molecule has 1 aliphatic heterocycles. The molecule has 1 unspecified atom stereocenters. The van der Waals surface area contributed by atoms with E-state index in [0.29, 0.717) is 11.3 Å². The van der Waals surface area contributed by atoms with Crippen molar-refractivity contribution in [2.45, 2.75) is 38.8 Å². The van der Waals surface area contributed by atoms with Gasteiger partial charge < -0.3 is 9.73 Å². The van der Waals surface area contributed by atoms with Crippen molar-refractivity contribution in [3.05, 3.63) is 35.0 Å². The molecule has 1 N–H and O–H groups in total. The van der Waals surface area contributed by atoms with Crippen molar-refractivity contribution in [2.24, 2.45) is 0 Å². The first-order chi connectivity index (χ1) is 10.3. The third-order valence-corrected chi connectivity index (χ3v) is 4.71. The Hall–Kier alpha value is -1.03. The second-order valence-corrected chi connectivity index (χ2v) is 6.27. The van der Waals surface area contributed by atoms with Gasteiger partial charge in [-0.1, -0.05) is 24.6 Å². The van der Waals surface area contributed by atoms with Crippen molar-refractivity contribution in [3.63, 3.8) is 0 Å². The molecule has 1 atom stereocenters. The third kappa shape index (κ3) is 3.42. The minimum Gasteiger partial charge on any atom is -0.444 e. The number of hydrogen-bond acceptors (Lipinski definition) is 3. The van der Waals surface area contributed by atoms with Gasteiger partial charge in [-0.15, -0.1) is 0 Å². The zero-order chi connectivity index (χ0) is 14.7. The molecular formula is C17H23ClN2O. The minimum absolute atomic E-state index is 0.509. The molecule has 3 rings (SSSR count). The summed E-state index contributed by atoms with van der Waals surface area (Å²) in [6, 6.07) is 8.59. The van der Waals surface area contributed by atoms with Gasteiger partial charge in [0.15, 0.2) is 5.22 Å². The highest BCUT2D eigenvalue weighted by atomic mass is 35.5. The van der Waals surface area contributed by atoms with Crippen molar-refractivity contribution in [1.29, 1.82) is 0 Å². The number of halogens is 1. The lowest BCUT2D eigenvalue weighted by molar-refractivity contribution is 0.170. The van der Waals surface area contributed by atoms with Crippen LogP contribution in [0.2, 0.25) is 5.22 Å². The quantitative estimate of drug-likeness (QED) is 0.903. The first-order valence-corrected chi connectivity index (χ1v) is 8.24. The van der Waals surface area contributed by atoms with E-state index in [0.717, 1.165) is 29.6 Å². The summed E-state index contributed by atoms with van der Waals surface area (Å²) >= 11 is 6.21. The molecule has 0 amide bonds. The number of furan rings is 1. The van der Waals surface area contributed by atoms with Crippen LogP contribution in [-0.4, -0.2) is 30.6 Å². The lowest BCUT2D eigenvalue weighted by atomic mass is 10.1. The van der Waals surface area contributed by atoms with Gasteiger partial charge in [0, 0.05) is 30.1 Å². The zero-order valence-electron chi connectivity index (χ0n) is 12.6. The van der Waals surface area contributed by atoms with Crippen LogP contribution < -0.4 is 5.32 Å². The molecule has 21 heavy (non-hydrogen) atoms. The van der Waals surface area contributed by atoms with Gasteiger partial charge in [0.1, 0.15) is 5.58 Å². The predicted molar refractivity (Wildman–Crippen MR) is 87.8 cm³/mol.